The number of carboxylic acid groups (broad SMARTS) is 1. The van der Waals surface area contributed by atoms with Gasteiger partial charge in [-0.25, -0.2) is 4.98 Å². The van der Waals surface area contributed by atoms with Crippen molar-refractivity contribution in [3.8, 4) is 17.0 Å². The lowest BCUT2D eigenvalue weighted by Gasteiger charge is -2.04. The van der Waals surface area contributed by atoms with Gasteiger partial charge in [0.15, 0.2) is 0 Å². The molecule has 0 bridgehead atoms. The summed E-state index contributed by atoms with van der Waals surface area (Å²) in [5.74, 6) is 0.690. The van der Waals surface area contributed by atoms with E-state index in [1.54, 1.807) is 7.11 Å². The summed E-state index contributed by atoms with van der Waals surface area (Å²) in [6.45, 7) is 0. The Hall–Kier alpha value is -2.30. The first-order valence-corrected chi connectivity index (χ1v) is 5.99. The SMILES string of the molecule is COc1ccccc1-c1cn(C)c(CCC(=O)O)n1. The van der Waals surface area contributed by atoms with Crippen LogP contribution in [0.2, 0.25) is 0 Å². The second kappa shape index (κ2) is 5.56. The van der Waals surface area contributed by atoms with E-state index < -0.39 is 5.97 Å². The molecule has 0 aliphatic heterocycles. The Bertz CT molecular complexity index is 590. The number of benzene rings is 1. The van der Waals surface area contributed by atoms with Gasteiger partial charge in [-0.1, -0.05) is 12.1 Å². The van der Waals surface area contributed by atoms with E-state index in [2.05, 4.69) is 4.98 Å². The van der Waals surface area contributed by atoms with Crippen LogP contribution in [0.5, 0.6) is 5.75 Å². The van der Waals surface area contributed by atoms with Gasteiger partial charge in [-0.05, 0) is 12.1 Å². The summed E-state index contributed by atoms with van der Waals surface area (Å²) in [4.78, 5) is 15.1. The highest BCUT2D eigenvalue weighted by Gasteiger charge is 2.12. The minimum Gasteiger partial charge on any atom is -0.496 e. The fourth-order valence-electron chi connectivity index (χ4n) is 1.94. The van der Waals surface area contributed by atoms with E-state index in [9.17, 15) is 4.79 Å². The van der Waals surface area contributed by atoms with Gasteiger partial charge in [0.2, 0.25) is 0 Å². The van der Waals surface area contributed by atoms with Crippen LogP contribution in [0.25, 0.3) is 11.3 Å². The first-order valence-electron chi connectivity index (χ1n) is 5.99. The van der Waals surface area contributed by atoms with Crippen molar-refractivity contribution in [2.75, 3.05) is 7.11 Å². The minimum atomic E-state index is -0.818. The van der Waals surface area contributed by atoms with Crippen molar-refractivity contribution in [3.05, 3.63) is 36.3 Å². The highest BCUT2D eigenvalue weighted by Crippen LogP contribution is 2.28. The predicted octanol–water partition coefficient (Wildman–Crippen LogP) is 2.11. The quantitative estimate of drug-likeness (QED) is 0.894. The van der Waals surface area contributed by atoms with Gasteiger partial charge in [0, 0.05) is 25.2 Å². The summed E-state index contributed by atoms with van der Waals surface area (Å²) in [6.07, 6.45) is 2.38. The Morgan fingerprint density at radius 1 is 1.42 bits per heavy atom. The third-order valence-corrected chi connectivity index (χ3v) is 2.92. The number of hydrogen-bond donors (Lipinski definition) is 1. The van der Waals surface area contributed by atoms with Gasteiger partial charge in [0.05, 0.1) is 19.2 Å². The third-order valence-electron chi connectivity index (χ3n) is 2.92. The lowest BCUT2D eigenvalue weighted by molar-refractivity contribution is -0.137. The van der Waals surface area contributed by atoms with Gasteiger partial charge in [0.1, 0.15) is 11.6 Å². The Morgan fingerprint density at radius 2 is 2.16 bits per heavy atom. The summed E-state index contributed by atoms with van der Waals surface area (Å²) in [5, 5.41) is 8.71. The lowest BCUT2D eigenvalue weighted by atomic mass is 10.1. The molecule has 0 amide bonds. The van der Waals surface area contributed by atoms with Gasteiger partial charge >= 0.3 is 5.97 Å². The van der Waals surface area contributed by atoms with E-state index in [4.69, 9.17) is 9.84 Å². The summed E-state index contributed by atoms with van der Waals surface area (Å²) < 4.78 is 7.16. The lowest BCUT2D eigenvalue weighted by Crippen LogP contribution is -2.02. The minimum absolute atomic E-state index is 0.0796. The number of hydrogen-bond acceptors (Lipinski definition) is 3. The van der Waals surface area contributed by atoms with Crippen LogP contribution in [0.3, 0.4) is 0 Å². The normalized spacial score (nSPS) is 10.4. The number of imidazole rings is 1. The average molecular weight is 260 g/mol. The number of carboxylic acids is 1. The van der Waals surface area contributed by atoms with Crippen LogP contribution in [0, 0.1) is 0 Å². The van der Waals surface area contributed by atoms with Crippen LogP contribution < -0.4 is 4.74 Å². The van der Waals surface area contributed by atoms with Gasteiger partial charge in [-0.2, -0.15) is 0 Å². The smallest absolute Gasteiger partial charge is 0.303 e. The van der Waals surface area contributed by atoms with Crippen molar-refractivity contribution >= 4 is 5.97 Å². The standard InChI is InChI=1S/C14H16N2O3/c1-16-9-11(15-13(16)7-8-14(17)18)10-5-3-4-6-12(10)19-2/h3-6,9H,7-8H2,1-2H3,(H,17,18). The first kappa shape index (κ1) is 13.1. The molecule has 5 heteroatoms. The fraction of sp³-hybridized carbons (Fsp3) is 0.286. The van der Waals surface area contributed by atoms with E-state index in [-0.39, 0.29) is 6.42 Å². The zero-order valence-electron chi connectivity index (χ0n) is 11.0. The zero-order chi connectivity index (χ0) is 13.8. The van der Waals surface area contributed by atoms with Crippen LogP contribution in [0.15, 0.2) is 30.5 Å². The number of carbonyl (C=O) groups is 1. The van der Waals surface area contributed by atoms with E-state index in [0.29, 0.717) is 6.42 Å². The number of methoxy groups -OCH3 is 1. The maximum absolute atomic E-state index is 10.6. The number of aromatic nitrogens is 2. The zero-order valence-corrected chi connectivity index (χ0v) is 11.0. The predicted molar refractivity (Wildman–Crippen MR) is 71.2 cm³/mol. The van der Waals surface area contributed by atoms with Crippen molar-refractivity contribution in [1.82, 2.24) is 9.55 Å². The monoisotopic (exact) mass is 260 g/mol. The molecular weight excluding hydrogens is 244 g/mol. The number of rotatable bonds is 5. The van der Waals surface area contributed by atoms with Crippen LogP contribution >= 0.6 is 0 Å². The van der Waals surface area contributed by atoms with Crippen molar-refractivity contribution in [2.24, 2.45) is 7.05 Å². The van der Waals surface area contributed by atoms with Crippen molar-refractivity contribution in [2.45, 2.75) is 12.8 Å². The topological polar surface area (TPSA) is 64.3 Å². The largest absolute Gasteiger partial charge is 0.496 e. The molecule has 0 unspecified atom stereocenters. The van der Waals surface area contributed by atoms with Gasteiger partial charge in [-0.15, -0.1) is 0 Å². The highest BCUT2D eigenvalue weighted by molar-refractivity contribution is 5.68. The van der Waals surface area contributed by atoms with Crippen LogP contribution in [0.4, 0.5) is 0 Å². The summed E-state index contributed by atoms with van der Waals surface area (Å²) in [6, 6.07) is 7.63. The molecule has 0 aliphatic carbocycles. The molecule has 1 aromatic carbocycles. The molecule has 1 N–H and O–H groups in total. The summed E-state index contributed by atoms with van der Waals surface area (Å²) in [7, 11) is 3.48. The molecule has 0 saturated heterocycles. The Labute approximate surface area is 111 Å². The van der Waals surface area contributed by atoms with Crippen molar-refractivity contribution < 1.29 is 14.6 Å². The van der Waals surface area contributed by atoms with E-state index in [1.165, 1.54) is 0 Å². The van der Waals surface area contributed by atoms with E-state index in [1.807, 2.05) is 42.1 Å². The molecule has 1 aromatic heterocycles. The summed E-state index contributed by atoms with van der Waals surface area (Å²) in [5.41, 5.74) is 1.70. The van der Waals surface area contributed by atoms with Crippen LogP contribution in [0.1, 0.15) is 12.2 Å². The van der Waals surface area contributed by atoms with Gasteiger partial charge in [0.25, 0.3) is 0 Å². The molecule has 0 radical (unpaired) electrons. The molecule has 5 nitrogen and oxygen atoms in total. The molecule has 100 valence electrons. The molecule has 0 fully saturated rings. The fourth-order valence-corrected chi connectivity index (χ4v) is 1.94. The molecule has 2 rings (SSSR count). The Morgan fingerprint density at radius 3 is 2.84 bits per heavy atom. The highest BCUT2D eigenvalue weighted by atomic mass is 16.5. The maximum Gasteiger partial charge on any atom is 0.303 e. The molecule has 0 saturated carbocycles. The van der Waals surface area contributed by atoms with Gasteiger partial charge < -0.3 is 14.4 Å². The second-order valence-electron chi connectivity index (χ2n) is 4.25. The molecule has 19 heavy (non-hydrogen) atoms. The Kier molecular flexibility index (Phi) is 3.85. The molecule has 1 heterocycles. The molecule has 0 aliphatic rings. The van der Waals surface area contributed by atoms with Crippen LogP contribution in [-0.4, -0.2) is 27.7 Å². The number of aliphatic carboxylic acids is 1. The molecular formula is C14H16N2O3. The summed E-state index contributed by atoms with van der Waals surface area (Å²) >= 11 is 0. The van der Waals surface area contributed by atoms with E-state index in [0.717, 1.165) is 22.8 Å². The average Bonchev–Trinajstić information content (AvgIpc) is 2.77. The second-order valence-corrected chi connectivity index (χ2v) is 4.25. The van der Waals surface area contributed by atoms with Gasteiger partial charge in [-0.3, -0.25) is 4.79 Å². The first-order chi connectivity index (χ1) is 9.11. The number of ether oxygens (including phenoxy) is 1. The molecule has 2 aromatic rings. The number of para-hydroxylation sites is 1. The van der Waals surface area contributed by atoms with Crippen molar-refractivity contribution in [1.29, 1.82) is 0 Å². The number of nitrogens with zero attached hydrogens (tertiary/aromatic N) is 2. The Balaban J connectivity index is 2.31. The number of aryl methyl sites for hydroxylation is 2. The third kappa shape index (κ3) is 2.93. The molecule has 0 spiro atoms. The maximum atomic E-state index is 10.6. The van der Waals surface area contributed by atoms with Crippen molar-refractivity contribution in [3.63, 3.8) is 0 Å². The molecule has 0 atom stereocenters. The van der Waals surface area contributed by atoms with Crippen LogP contribution in [-0.2, 0) is 18.3 Å². The van der Waals surface area contributed by atoms with E-state index >= 15 is 0 Å².